The molecule has 0 aliphatic rings. The van der Waals surface area contributed by atoms with Crippen LogP contribution in [0.15, 0.2) is 35.2 Å². The largest absolute Gasteiger partial charge is 0.352 e. The highest BCUT2D eigenvalue weighted by atomic mass is 16.5. The van der Waals surface area contributed by atoms with Crippen LogP contribution in [0.25, 0.3) is 11.5 Å². The second-order valence-electron chi connectivity index (χ2n) is 6.56. The molecule has 3 heterocycles. The molecule has 132 valence electrons. The van der Waals surface area contributed by atoms with Gasteiger partial charge in [0, 0.05) is 44.5 Å². The highest BCUT2D eigenvalue weighted by Gasteiger charge is 2.12. The monoisotopic (exact) mass is 340 g/mol. The molecule has 25 heavy (non-hydrogen) atoms. The van der Waals surface area contributed by atoms with Crippen molar-refractivity contribution in [2.75, 3.05) is 11.4 Å². The number of anilines is 1. The molecule has 3 rings (SSSR count). The van der Waals surface area contributed by atoms with Crippen LogP contribution in [-0.4, -0.2) is 31.4 Å². The van der Waals surface area contributed by atoms with Crippen molar-refractivity contribution in [2.45, 2.75) is 33.7 Å². The van der Waals surface area contributed by atoms with Crippen LogP contribution < -0.4 is 4.90 Å². The second kappa shape index (κ2) is 7.46. The molecule has 0 N–H and O–H groups in total. The lowest BCUT2D eigenvalue weighted by atomic mass is 10.1. The summed E-state index contributed by atoms with van der Waals surface area (Å²) in [5.74, 6) is 2.67. The number of nitrogens with zero attached hydrogens (tertiary/aromatic N) is 6. The van der Waals surface area contributed by atoms with Crippen molar-refractivity contribution in [1.29, 1.82) is 0 Å². The van der Waals surface area contributed by atoms with Crippen LogP contribution in [0, 0.1) is 5.92 Å². The molecule has 0 aromatic carbocycles. The van der Waals surface area contributed by atoms with Gasteiger partial charge in [-0.15, -0.1) is 0 Å². The molecule has 0 saturated carbocycles. The van der Waals surface area contributed by atoms with Crippen molar-refractivity contribution >= 4 is 5.82 Å². The maximum absolute atomic E-state index is 5.35. The lowest BCUT2D eigenvalue weighted by molar-refractivity contribution is 0.417. The Morgan fingerprint density at radius 2 is 2.08 bits per heavy atom. The van der Waals surface area contributed by atoms with Crippen molar-refractivity contribution < 1.29 is 4.52 Å². The summed E-state index contributed by atoms with van der Waals surface area (Å²) < 4.78 is 7.16. The van der Waals surface area contributed by atoms with E-state index in [2.05, 4.69) is 45.9 Å². The Kier molecular flexibility index (Phi) is 5.11. The summed E-state index contributed by atoms with van der Waals surface area (Å²) in [6.45, 7) is 8.01. The normalized spacial score (nSPS) is 11.2. The molecule has 3 aromatic heterocycles. The smallest absolute Gasteiger partial charge is 0.259 e. The molecule has 0 aliphatic heterocycles. The van der Waals surface area contributed by atoms with Crippen molar-refractivity contribution in [2.24, 2.45) is 13.0 Å². The molecule has 0 saturated heterocycles. The first-order chi connectivity index (χ1) is 12.0. The Bertz CT molecular complexity index is 805. The average Bonchev–Trinajstić information content (AvgIpc) is 3.21. The summed E-state index contributed by atoms with van der Waals surface area (Å²) in [7, 11) is 1.92. The fraction of sp³-hybridized carbons (Fsp3) is 0.444. The van der Waals surface area contributed by atoms with E-state index in [-0.39, 0.29) is 0 Å². The van der Waals surface area contributed by atoms with Crippen LogP contribution >= 0.6 is 0 Å². The maximum atomic E-state index is 5.35. The molecule has 0 bridgehead atoms. The third-order valence-corrected chi connectivity index (χ3v) is 3.89. The minimum Gasteiger partial charge on any atom is -0.352 e. The molecular formula is C18H24N6O. The van der Waals surface area contributed by atoms with E-state index in [0.29, 0.717) is 11.8 Å². The van der Waals surface area contributed by atoms with Gasteiger partial charge in [0.25, 0.3) is 5.89 Å². The summed E-state index contributed by atoms with van der Waals surface area (Å²) in [6, 6.07) is 3.96. The minimum atomic E-state index is 0.497. The topological polar surface area (TPSA) is 72.9 Å². The first kappa shape index (κ1) is 17.1. The summed E-state index contributed by atoms with van der Waals surface area (Å²) >= 11 is 0. The predicted molar refractivity (Wildman–Crippen MR) is 96.0 cm³/mol. The van der Waals surface area contributed by atoms with Gasteiger partial charge in [-0.3, -0.25) is 4.68 Å². The first-order valence-corrected chi connectivity index (χ1v) is 8.56. The van der Waals surface area contributed by atoms with E-state index in [4.69, 9.17) is 4.52 Å². The zero-order chi connectivity index (χ0) is 17.8. The van der Waals surface area contributed by atoms with Gasteiger partial charge < -0.3 is 9.42 Å². The maximum Gasteiger partial charge on any atom is 0.259 e. The van der Waals surface area contributed by atoms with Crippen molar-refractivity contribution in [3.63, 3.8) is 0 Å². The molecule has 0 aliphatic carbocycles. The molecular weight excluding hydrogens is 316 g/mol. The number of hydrogen-bond donors (Lipinski definition) is 0. The summed E-state index contributed by atoms with van der Waals surface area (Å²) in [5.41, 5.74) is 1.99. The van der Waals surface area contributed by atoms with Gasteiger partial charge in [-0.05, 0) is 25.0 Å². The SMILES string of the molecule is CCN(Cc1cnn(C)c1)c1ccc(-c2nc(CC(C)C)no2)cn1. The van der Waals surface area contributed by atoms with Gasteiger partial charge in [0.05, 0.1) is 11.8 Å². The van der Waals surface area contributed by atoms with Crippen LogP contribution in [0.1, 0.15) is 32.2 Å². The van der Waals surface area contributed by atoms with Gasteiger partial charge in [0.15, 0.2) is 5.82 Å². The molecule has 0 unspecified atom stereocenters. The third-order valence-electron chi connectivity index (χ3n) is 3.89. The number of pyridine rings is 1. The minimum absolute atomic E-state index is 0.497. The highest BCUT2D eigenvalue weighted by molar-refractivity contribution is 5.54. The molecule has 0 radical (unpaired) electrons. The Labute approximate surface area is 147 Å². The van der Waals surface area contributed by atoms with Gasteiger partial charge in [-0.2, -0.15) is 10.1 Å². The van der Waals surface area contributed by atoms with E-state index in [1.807, 2.05) is 36.3 Å². The van der Waals surface area contributed by atoms with E-state index in [9.17, 15) is 0 Å². The van der Waals surface area contributed by atoms with Crippen LogP contribution in [0.5, 0.6) is 0 Å². The number of aryl methyl sites for hydroxylation is 1. The summed E-state index contributed by atoms with van der Waals surface area (Å²) in [4.78, 5) is 11.2. The number of aromatic nitrogens is 5. The molecule has 7 nitrogen and oxygen atoms in total. The Morgan fingerprint density at radius 1 is 1.24 bits per heavy atom. The Hall–Kier alpha value is -2.70. The fourth-order valence-corrected chi connectivity index (χ4v) is 2.65. The molecule has 0 fully saturated rings. The van der Waals surface area contributed by atoms with Gasteiger partial charge in [-0.25, -0.2) is 4.98 Å². The zero-order valence-corrected chi connectivity index (χ0v) is 15.2. The molecule has 0 amide bonds. The van der Waals surface area contributed by atoms with E-state index in [1.54, 1.807) is 6.20 Å². The van der Waals surface area contributed by atoms with Crippen LogP contribution in [0.2, 0.25) is 0 Å². The van der Waals surface area contributed by atoms with Gasteiger partial charge in [0.1, 0.15) is 5.82 Å². The number of hydrogen-bond acceptors (Lipinski definition) is 6. The van der Waals surface area contributed by atoms with E-state index >= 15 is 0 Å². The van der Waals surface area contributed by atoms with Crippen LogP contribution in [-0.2, 0) is 20.0 Å². The Balaban J connectivity index is 1.73. The van der Waals surface area contributed by atoms with Crippen molar-refractivity contribution in [1.82, 2.24) is 24.9 Å². The lowest BCUT2D eigenvalue weighted by Crippen LogP contribution is -2.22. The third kappa shape index (κ3) is 4.23. The van der Waals surface area contributed by atoms with E-state index < -0.39 is 0 Å². The van der Waals surface area contributed by atoms with Crippen molar-refractivity contribution in [3.05, 3.63) is 42.1 Å². The van der Waals surface area contributed by atoms with Gasteiger partial charge >= 0.3 is 0 Å². The van der Waals surface area contributed by atoms with E-state index in [0.717, 1.165) is 42.3 Å². The number of rotatable bonds is 7. The predicted octanol–water partition coefficient (Wildman–Crippen LogP) is 3.09. The highest BCUT2D eigenvalue weighted by Crippen LogP contribution is 2.21. The van der Waals surface area contributed by atoms with E-state index in [1.165, 1.54) is 0 Å². The molecule has 0 spiro atoms. The summed E-state index contributed by atoms with van der Waals surface area (Å²) in [6.07, 6.45) is 6.50. The second-order valence-corrected chi connectivity index (χ2v) is 6.56. The average molecular weight is 340 g/mol. The van der Waals surface area contributed by atoms with Gasteiger partial charge in [-0.1, -0.05) is 19.0 Å². The summed E-state index contributed by atoms with van der Waals surface area (Å²) in [5, 5.41) is 8.25. The lowest BCUT2D eigenvalue weighted by Gasteiger charge is -2.21. The van der Waals surface area contributed by atoms with Crippen LogP contribution in [0.3, 0.4) is 0 Å². The zero-order valence-electron chi connectivity index (χ0n) is 15.2. The van der Waals surface area contributed by atoms with Crippen molar-refractivity contribution in [3.8, 4) is 11.5 Å². The van der Waals surface area contributed by atoms with Crippen LogP contribution in [0.4, 0.5) is 5.82 Å². The molecule has 3 aromatic rings. The van der Waals surface area contributed by atoms with Gasteiger partial charge in [0.2, 0.25) is 0 Å². The fourth-order valence-electron chi connectivity index (χ4n) is 2.65. The first-order valence-electron chi connectivity index (χ1n) is 8.56. The molecule has 0 atom stereocenters. The Morgan fingerprint density at radius 3 is 2.68 bits per heavy atom. The standard InChI is InChI=1S/C18H24N6O/c1-5-24(12-14-9-20-23(4)11-14)17-7-6-15(10-19-17)18-21-16(22-25-18)8-13(2)3/h6-7,9-11,13H,5,8,12H2,1-4H3. The quantitative estimate of drug-likeness (QED) is 0.658. The molecule has 7 heteroatoms.